The first kappa shape index (κ1) is 14.7. The number of aliphatic hydroxyl groups excluding tert-OH is 1. The number of nitrogens with one attached hydrogen (secondary N) is 1. The highest BCUT2D eigenvalue weighted by Gasteiger charge is 2.17. The first-order valence-electron chi connectivity index (χ1n) is 6.73. The molecule has 3 heteroatoms. The number of benzene rings is 1. The van der Waals surface area contributed by atoms with Gasteiger partial charge >= 0.3 is 0 Å². The standard InChI is InChI=1S/C15H23NO2/c1-2-14(13-9-5-3-6-10-13)15(18)16-11-7-4-8-12-17/h3,5-6,9-10,14,17H,2,4,7-8,11-12H2,1H3,(H,16,18). The van der Waals surface area contributed by atoms with Crippen molar-refractivity contribution in [2.24, 2.45) is 0 Å². The molecule has 1 aromatic rings. The Hall–Kier alpha value is -1.35. The SMILES string of the molecule is CCC(C(=O)NCCCCCO)c1ccccc1. The molecule has 1 aromatic carbocycles. The van der Waals surface area contributed by atoms with Gasteiger partial charge in [0.15, 0.2) is 0 Å². The van der Waals surface area contributed by atoms with E-state index in [4.69, 9.17) is 5.11 Å². The first-order chi connectivity index (χ1) is 8.79. The minimum absolute atomic E-state index is 0.0518. The maximum absolute atomic E-state index is 12.0. The summed E-state index contributed by atoms with van der Waals surface area (Å²) in [5.41, 5.74) is 1.08. The van der Waals surface area contributed by atoms with Gasteiger partial charge in [-0.1, -0.05) is 37.3 Å². The van der Waals surface area contributed by atoms with Gasteiger partial charge in [0.2, 0.25) is 5.91 Å². The highest BCUT2D eigenvalue weighted by molar-refractivity contribution is 5.83. The molecule has 0 saturated heterocycles. The number of aliphatic hydroxyl groups is 1. The molecule has 1 amide bonds. The molecule has 1 unspecified atom stereocenters. The lowest BCUT2D eigenvalue weighted by atomic mass is 9.95. The third kappa shape index (κ3) is 4.88. The van der Waals surface area contributed by atoms with Gasteiger partial charge in [0.25, 0.3) is 0 Å². The van der Waals surface area contributed by atoms with Crippen LogP contribution in [0.5, 0.6) is 0 Å². The van der Waals surface area contributed by atoms with Gasteiger partial charge < -0.3 is 10.4 Å². The van der Waals surface area contributed by atoms with E-state index in [1.807, 2.05) is 37.3 Å². The summed E-state index contributed by atoms with van der Waals surface area (Å²) in [5.74, 6) is 0.0525. The summed E-state index contributed by atoms with van der Waals surface area (Å²) in [4.78, 5) is 12.0. The van der Waals surface area contributed by atoms with Gasteiger partial charge in [-0.3, -0.25) is 4.79 Å². The maximum Gasteiger partial charge on any atom is 0.227 e. The second-order valence-corrected chi connectivity index (χ2v) is 4.45. The molecule has 0 aromatic heterocycles. The van der Waals surface area contributed by atoms with Gasteiger partial charge in [-0.05, 0) is 31.2 Å². The fourth-order valence-corrected chi connectivity index (χ4v) is 2.01. The molecule has 18 heavy (non-hydrogen) atoms. The molecule has 0 saturated carbocycles. The number of hydrogen-bond donors (Lipinski definition) is 2. The summed E-state index contributed by atoms with van der Waals surface area (Å²) >= 11 is 0. The lowest BCUT2D eigenvalue weighted by molar-refractivity contribution is -0.122. The molecule has 0 fully saturated rings. The van der Waals surface area contributed by atoms with Crippen molar-refractivity contribution in [3.63, 3.8) is 0 Å². The first-order valence-corrected chi connectivity index (χ1v) is 6.73. The van der Waals surface area contributed by atoms with Crippen LogP contribution in [-0.2, 0) is 4.79 Å². The summed E-state index contributed by atoms with van der Waals surface area (Å²) < 4.78 is 0. The number of rotatable bonds is 8. The van der Waals surface area contributed by atoms with Gasteiger partial charge in [0, 0.05) is 13.2 Å². The molecule has 0 aliphatic carbocycles. The molecule has 0 aliphatic heterocycles. The molecule has 100 valence electrons. The van der Waals surface area contributed by atoms with Gasteiger partial charge in [0.05, 0.1) is 5.92 Å². The number of unbranched alkanes of at least 4 members (excludes halogenated alkanes) is 2. The zero-order valence-corrected chi connectivity index (χ0v) is 11.1. The minimum Gasteiger partial charge on any atom is -0.396 e. The quantitative estimate of drug-likeness (QED) is 0.695. The fraction of sp³-hybridized carbons (Fsp3) is 0.533. The average molecular weight is 249 g/mol. The van der Waals surface area contributed by atoms with Crippen molar-refractivity contribution < 1.29 is 9.90 Å². The predicted octanol–water partition coefficient (Wildman–Crippen LogP) is 2.46. The molecule has 0 aliphatic rings. The van der Waals surface area contributed by atoms with Crippen LogP contribution < -0.4 is 5.32 Å². The minimum atomic E-state index is -0.0518. The number of carbonyl (C=O) groups excluding carboxylic acids is 1. The molecule has 1 atom stereocenters. The maximum atomic E-state index is 12.0. The van der Waals surface area contributed by atoms with Gasteiger partial charge in [0.1, 0.15) is 0 Å². The van der Waals surface area contributed by atoms with Crippen LogP contribution in [0, 0.1) is 0 Å². The Kier molecular flexibility index (Phi) is 7.11. The van der Waals surface area contributed by atoms with E-state index >= 15 is 0 Å². The van der Waals surface area contributed by atoms with Gasteiger partial charge in [-0.25, -0.2) is 0 Å². The Bertz CT molecular complexity index is 338. The Morgan fingerprint density at radius 2 is 1.94 bits per heavy atom. The van der Waals surface area contributed by atoms with Crippen molar-refractivity contribution in [1.82, 2.24) is 5.32 Å². The van der Waals surface area contributed by atoms with Crippen molar-refractivity contribution >= 4 is 5.91 Å². The third-order valence-electron chi connectivity index (χ3n) is 3.06. The van der Waals surface area contributed by atoms with Crippen LogP contribution in [0.25, 0.3) is 0 Å². The van der Waals surface area contributed by atoms with E-state index in [0.29, 0.717) is 6.54 Å². The van der Waals surface area contributed by atoms with Crippen molar-refractivity contribution in [3.05, 3.63) is 35.9 Å². The zero-order valence-electron chi connectivity index (χ0n) is 11.1. The Labute approximate surface area is 109 Å². The van der Waals surface area contributed by atoms with Crippen molar-refractivity contribution in [3.8, 4) is 0 Å². The molecular formula is C15H23NO2. The van der Waals surface area contributed by atoms with Crippen LogP contribution in [0.15, 0.2) is 30.3 Å². The van der Waals surface area contributed by atoms with Crippen LogP contribution in [0.1, 0.15) is 44.1 Å². The molecule has 0 bridgehead atoms. The van der Waals surface area contributed by atoms with Crippen molar-refractivity contribution in [2.45, 2.75) is 38.5 Å². The normalized spacial score (nSPS) is 12.1. The summed E-state index contributed by atoms with van der Waals surface area (Å²) in [6, 6.07) is 9.89. The van der Waals surface area contributed by atoms with Crippen LogP contribution in [0.3, 0.4) is 0 Å². The molecule has 2 N–H and O–H groups in total. The topological polar surface area (TPSA) is 49.3 Å². The largest absolute Gasteiger partial charge is 0.396 e. The van der Waals surface area contributed by atoms with Crippen LogP contribution in [-0.4, -0.2) is 24.2 Å². The van der Waals surface area contributed by atoms with Gasteiger partial charge in [-0.15, -0.1) is 0 Å². The second-order valence-electron chi connectivity index (χ2n) is 4.45. The van der Waals surface area contributed by atoms with Gasteiger partial charge in [-0.2, -0.15) is 0 Å². The summed E-state index contributed by atoms with van der Waals surface area (Å²) in [6.45, 7) is 2.96. The van der Waals surface area contributed by atoms with Crippen LogP contribution in [0.4, 0.5) is 0 Å². The van der Waals surface area contributed by atoms with Crippen molar-refractivity contribution in [1.29, 1.82) is 0 Å². The fourth-order valence-electron chi connectivity index (χ4n) is 2.01. The lowest BCUT2D eigenvalue weighted by Gasteiger charge is -2.15. The molecular weight excluding hydrogens is 226 g/mol. The summed E-state index contributed by atoms with van der Waals surface area (Å²) in [7, 11) is 0. The molecule has 1 rings (SSSR count). The number of carbonyl (C=O) groups is 1. The monoisotopic (exact) mass is 249 g/mol. The van der Waals surface area contributed by atoms with Crippen molar-refractivity contribution in [2.75, 3.05) is 13.2 Å². The summed E-state index contributed by atoms with van der Waals surface area (Å²) in [5, 5.41) is 11.6. The Balaban J connectivity index is 2.39. The van der Waals surface area contributed by atoms with E-state index in [1.165, 1.54) is 0 Å². The molecule has 0 spiro atoms. The zero-order chi connectivity index (χ0) is 13.2. The summed E-state index contributed by atoms with van der Waals surface area (Å²) in [6.07, 6.45) is 3.51. The van der Waals surface area contributed by atoms with E-state index in [1.54, 1.807) is 0 Å². The van der Waals surface area contributed by atoms with E-state index in [2.05, 4.69) is 5.32 Å². The molecule has 0 heterocycles. The number of hydrogen-bond acceptors (Lipinski definition) is 2. The van der Waals surface area contributed by atoms with Crippen LogP contribution in [0.2, 0.25) is 0 Å². The highest BCUT2D eigenvalue weighted by Crippen LogP contribution is 2.19. The Morgan fingerprint density at radius 3 is 2.56 bits per heavy atom. The van der Waals surface area contributed by atoms with E-state index in [-0.39, 0.29) is 18.4 Å². The smallest absolute Gasteiger partial charge is 0.227 e. The second kappa shape index (κ2) is 8.70. The lowest BCUT2D eigenvalue weighted by Crippen LogP contribution is -2.30. The van der Waals surface area contributed by atoms with E-state index in [9.17, 15) is 4.79 Å². The average Bonchev–Trinajstić information content (AvgIpc) is 2.40. The third-order valence-corrected chi connectivity index (χ3v) is 3.06. The predicted molar refractivity (Wildman–Crippen MR) is 73.4 cm³/mol. The van der Waals surface area contributed by atoms with E-state index < -0.39 is 0 Å². The number of amides is 1. The Morgan fingerprint density at radius 1 is 1.22 bits per heavy atom. The highest BCUT2D eigenvalue weighted by atomic mass is 16.2. The van der Waals surface area contributed by atoms with Crippen LogP contribution >= 0.6 is 0 Å². The molecule has 0 radical (unpaired) electrons. The molecule has 3 nitrogen and oxygen atoms in total. The van der Waals surface area contributed by atoms with E-state index in [0.717, 1.165) is 31.2 Å².